The Bertz CT molecular complexity index is 290. The lowest BCUT2D eigenvalue weighted by molar-refractivity contribution is -0.121. The highest BCUT2D eigenvalue weighted by Crippen LogP contribution is 2.40. The third-order valence-electron chi connectivity index (χ3n) is 4.93. The third kappa shape index (κ3) is 3.25. The number of carbonyl (C=O) groups is 1. The summed E-state index contributed by atoms with van der Waals surface area (Å²) in [5.41, 5.74) is 5.49. The number of primary amides is 1. The molecule has 104 valence electrons. The number of hydrogen-bond donors (Lipinski definition) is 2. The van der Waals surface area contributed by atoms with Gasteiger partial charge in [0.15, 0.2) is 0 Å². The average Bonchev–Trinajstić information content (AvgIpc) is 2.35. The molecule has 0 saturated heterocycles. The summed E-state index contributed by atoms with van der Waals surface area (Å²) in [6.45, 7) is 4.13. The van der Waals surface area contributed by atoms with Gasteiger partial charge < -0.3 is 11.1 Å². The number of hydrogen-bond acceptors (Lipinski definition) is 2. The third-order valence-corrected chi connectivity index (χ3v) is 4.93. The zero-order valence-electron chi connectivity index (χ0n) is 11.8. The predicted octanol–water partition coefficient (Wildman–Crippen LogP) is 2.44. The molecule has 3 nitrogen and oxygen atoms in total. The van der Waals surface area contributed by atoms with Gasteiger partial charge in [-0.3, -0.25) is 4.79 Å². The maximum absolute atomic E-state index is 11.5. The van der Waals surface area contributed by atoms with E-state index in [4.69, 9.17) is 5.73 Å². The summed E-state index contributed by atoms with van der Waals surface area (Å²) in [5.74, 6) is 1.94. The zero-order valence-corrected chi connectivity index (χ0v) is 11.8. The van der Waals surface area contributed by atoms with Gasteiger partial charge in [-0.2, -0.15) is 0 Å². The van der Waals surface area contributed by atoms with E-state index in [1.165, 1.54) is 44.9 Å². The zero-order chi connectivity index (χ0) is 13.1. The number of carbonyl (C=O) groups excluding carboxylic acids is 1. The standard InChI is InChI=1S/C15H28N2O/c1-10(2)14(15(16)18)17-13-8-7-11-5-3-4-6-12(11)9-13/h10-14,17H,3-9H2,1-2H3,(H2,16,18). The Hall–Kier alpha value is -0.570. The summed E-state index contributed by atoms with van der Waals surface area (Å²) in [4.78, 5) is 11.5. The molecule has 0 heterocycles. The molecule has 2 aliphatic carbocycles. The fraction of sp³-hybridized carbons (Fsp3) is 0.933. The Morgan fingerprint density at radius 3 is 2.39 bits per heavy atom. The number of amides is 1. The topological polar surface area (TPSA) is 55.1 Å². The largest absolute Gasteiger partial charge is 0.368 e. The van der Waals surface area contributed by atoms with Gasteiger partial charge in [0.25, 0.3) is 0 Å². The van der Waals surface area contributed by atoms with E-state index in [0.29, 0.717) is 6.04 Å². The molecule has 1 amide bonds. The molecular formula is C15H28N2O. The molecule has 4 atom stereocenters. The van der Waals surface area contributed by atoms with E-state index >= 15 is 0 Å². The number of fused-ring (bicyclic) bond motifs is 1. The van der Waals surface area contributed by atoms with Crippen molar-refractivity contribution >= 4 is 5.91 Å². The molecule has 0 aromatic carbocycles. The van der Waals surface area contributed by atoms with Crippen LogP contribution < -0.4 is 11.1 Å². The molecule has 3 N–H and O–H groups in total. The molecule has 2 saturated carbocycles. The van der Waals surface area contributed by atoms with Crippen LogP contribution in [0.1, 0.15) is 58.8 Å². The minimum atomic E-state index is -0.198. The maximum atomic E-state index is 11.5. The van der Waals surface area contributed by atoms with Gasteiger partial charge in [0, 0.05) is 6.04 Å². The van der Waals surface area contributed by atoms with Crippen LogP contribution in [0.25, 0.3) is 0 Å². The van der Waals surface area contributed by atoms with Crippen LogP contribution in [-0.2, 0) is 4.79 Å². The van der Waals surface area contributed by atoms with Crippen LogP contribution in [0.3, 0.4) is 0 Å². The predicted molar refractivity (Wildman–Crippen MR) is 74.0 cm³/mol. The normalized spacial score (nSPS) is 34.1. The summed E-state index contributed by atoms with van der Waals surface area (Å²) < 4.78 is 0. The van der Waals surface area contributed by atoms with E-state index < -0.39 is 0 Å². The number of nitrogens with one attached hydrogen (secondary N) is 1. The maximum Gasteiger partial charge on any atom is 0.234 e. The van der Waals surface area contributed by atoms with Crippen molar-refractivity contribution in [3.63, 3.8) is 0 Å². The molecule has 0 aromatic heterocycles. The Balaban J connectivity index is 1.88. The van der Waals surface area contributed by atoms with E-state index in [2.05, 4.69) is 19.2 Å². The summed E-state index contributed by atoms with van der Waals surface area (Å²) in [6, 6.07) is 0.347. The van der Waals surface area contributed by atoms with E-state index in [9.17, 15) is 4.79 Å². The summed E-state index contributed by atoms with van der Waals surface area (Å²) >= 11 is 0. The van der Waals surface area contributed by atoms with Gasteiger partial charge in [0.05, 0.1) is 6.04 Å². The van der Waals surface area contributed by atoms with Gasteiger partial charge in [-0.15, -0.1) is 0 Å². The second-order valence-corrected chi connectivity index (χ2v) is 6.61. The first kappa shape index (κ1) is 13.9. The van der Waals surface area contributed by atoms with Crippen molar-refractivity contribution in [1.29, 1.82) is 0 Å². The average molecular weight is 252 g/mol. The molecule has 0 aliphatic heterocycles. The Morgan fingerprint density at radius 1 is 1.11 bits per heavy atom. The van der Waals surface area contributed by atoms with E-state index in [-0.39, 0.29) is 17.9 Å². The fourth-order valence-corrected chi connectivity index (χ4v) is 3.88. The minimum Gasteiger partial charge on any atom is -0.368 e. The fourth-order valence-electron chi connectivity index (χ4n) is 3.88. The van der Waals surface area contributed by atoms with Gasteiger partial charge >= 0.3 is 0 Å². The lowest BCUT2D eigenvalue weighted by Crippen LogP contribution is -2.51. The quantitative estimate of drug-likeness (QED) is 0.807. The molecule has 0 spiro atoms. The van der Waals surface area contributed by atoms with Crippen LogP contribution in [0.5, 0.6) is 0 Å². The summed E-state index contributed by atoms with van der Waals surface area (Å²) in [6.07, 6.45) is 9.46. The van der Waals surface area contributed by atoms with Gasteiger partial charge in [-0.1, -0.05) is 39.5 Å². The highest BCUT2D eigenvalue weighted by molar-refractivity contribution is 5.80. The van der Waals surface area contributed by atoms with Crippen LogP contribution in [-0.4, -0.2) is 18.0 Å². The second-order valence-electron chi connectivity index (χ2n) is 6.61. The first-order valence-electron chi connectivity index (χ1n) is 7.63. The lowest BCUT2D eigenvalue weighted by atomic mass is 9.69. The molecule has 0 bridgehead atoms. The molecule has 2 aliphatic rings. The smallest absolute Gasteiger partial charge is 0.234 e. The summed E-state index contributed by atoms with van der Waals surface area (Å²) in [5, 5.41) is 3.51. The van der Waals surface area contributed by atoms with Crippen molar-refractivity contribution in [1.82, 2.24) is 5.32 Å². The van der Waals surface area contributed by atoms with Crippen LogP contribution in [0, 0.1) is 17.8 Å². The molecular weight excluding hydrogens is 224 g/mol. The van der Waals surface area contributed by atoms with Gasteiger partial charge in [0.2, 0.25) is 5.91 Å². The lowest BCUT2D eigenvalue weighted by Gasteiger charge is -2.40. The van der Waals surface area contributed by atoms with Gasteiger partial charge in [-0.25, -0.2) is 0 Å². The molecule has 2 rings (SSSR count). The highest BCUT2D eigenvalue weighted by Gasteiger charge is 2.33. The Morgan fingerprint density at radius 2 is 1.78 bits per heavy atom. The molecule has 0 aromatic rings. The minimum absolute atomic E-state index is 0.157. The number of rotatable bonds is 4. The van der Waals surface area contributed by atoms with Gasteiger partial charge in [-0.05, 0) is 37.0 Å². The van der Waals surface area contributed by atoms with Crippen LogP contribution >= 0.6 is 0 Å². The first-order valence-corrected chi connectivity index (χ1v) is 7.63. The molecule has 0 radical (unpaired) electrons. The van der Waals surface area contributed by atoms with Crippen molar-refractivity contribution in [2.45, 2.75) is 70.9 Å². The van der Waals surface area contributed by atoms with E-state index in [0.717, 1.165) is 11.8 Å². The van der Waals surface area contributed by atoms with Crippen molar-refractivity contribution < 1.29 is 4.79 Å². The Labute approximate surface area is 111 Å². The first-order chi connectivity index (χ1) is 8.58. The monoisotopic (exact) mass is 252 g/mol. The van der Waals surface area contributed by atoms with Crippen LogP contribution in [0.2, 0.25) is 0 Å². The number of nitrogens with two attached hydrogens (primary N) is 1. The SMILES string of the molecule is CC(C)C(NC1CCC2CCCCC2C1)C(N)=O. The van der Waals surface area contributed by atoms with Crippen LogP contribution in [0.15, 0.2) is 0 Å². The van der Waals surface area contributed by atoms with E-state index in [1.807, 2.05) is 0 Å². The van der Waals surface area contributed by atoms with Crippen molar-refractivity contribution in [2.75, 3.05) is 0 Å². The Kier molecular flexibility index (Phi) is 4.66. The van der Waals surface area contributed by atoms with Crippen molar-refractivity contribution in [2.24, 2.45) is 23.5 Å². The van der Waals surface area contributed by atoms with Crippen molar-refractivity contribution in [3.05, 3.63) is 0 Å². The second kappa shape index (κ2) is 6.05. The van der Waals surface area contributed by atoms with E-state index in [1.54, 1.807) is 0 Å². The molecule has 2 fully saturated rings. The van der Waals surface area contributed by atoms with Crippen molar-refractivity contribution in [3.8, 4) is 0 Å². The van der Waals surface area contributed by atoms with Gasteiger partial charge in [0.1, 0.15) is 0 Å². The molecule has 3 heteroatoms. The highest BCUT2D eigenvalue weighted by atomic mass is 16.1. The van der Waals surface area contributed by atoms with Crippen LogP contribution in [0.4, 0.5) is 0 Å². The summed E-state index contributed by atoms with van der Waals surface area (Å²) in [7, 11) is 0. The molecule has 4 unspecified atom stereocenters. The molecule has 18 heavy (non-hydrogen) atoms.